The maximum atomic E-state index is 13.9. The van der Waals surface area contributed by atoms with Crippen LogP contribution in [-0.2, 0) is 19.6 Å². The summed E-state index contributed by atoms with van der Waals surface area (Å²) in [6.45, 7) is -0.924. The largest absolute Gasteiger partial charge is 0.491 e. The van der Waals surface area contributed by atoms with Crippen LogP contribution in [0.1, 0.15) is 25.7 Å². The molecule has 1 saturated carbocycles. The van der Waals surface area contributed by atoms with Gasteiger partial charge in [-0.15, -0.1) is 11.8 Å². The quantitative estimate of drug-likeness (QED) is 0.346. The van der Waals surface area contributed by atoms with Gasteiger partial charge in [-0.3, -0.25) is 4.79 Å². The molecule has 2 aliphatic heterocycles. The number of anilines is 2. The van der Waals surface area contributed by atoms with Gasteiger partial charge in [0, 0.05) is 55.9 Å². The third-order valence-corrected chi connectivity index (χ3v) is 11.0. The summed E-state index contributed by atoms with van der Waals surface area (Å²) < 4.78 is 120. The van der Waals surface area contributed by atoms with Crippen LogP contribution >= 0.6 is 11.8 Å². The van der Waals surface area contributed by atoms with Crippen LogP contribution in [0.4, 0.5) is 37.7 Å². The molecular formula is C27H28F6N2O6S2. The van der Waals surface area contributed by atoms with Crippen molar-refractivity contribution >= 4 is 39.1 Å². The Balaban J connectivity index is 1.61. The molecule has 1 aliphatic carbocycles. The first kappa shape index (κ1) is 31.7. The van der Waals surface area contributed by atoms with Crippen LogP contribution in [0.5, 0.6) is 5.75 Å². The third kappa shape index (κ3) is 6.56. The van der Waals surface area contributed by atoms with E-state index in [4.69, 9.17) is 9.47 Å². The van der Waals surface area contributed by atoms with Gasteiger partial charge in [0.1, 0.15) is 28.5 Å². The highest BCUT2D eigenvalue weighted by atomic mass is 32.2. The molecule has 16 heteroatoms. The lowest BCUT2D eigenvalue weighted by Gasteiger charge is -2.37. The van der Waals surface area contributed by atoms with Crippen molar-refractivity contribution in [2.45, 2.75) is 58.9 Å². The fourth-order valence-corrected chi connectivity index (χ4v) is 8.09. The second-order valence-electron chi connectivity index (χ2n) is 11.1. The Kier molecular flexibility index (Phi) is 8.37. The van der Waals surface area contributed by atoms with Crippen molar-refractivity contribution < 1.29 is 54.1 Å². The number of nitrogens with zero attached hydrogens (tertiary/aromatic N) is 2. The minimum atomic E-state index is -4.55. The number of hydrogen-bond donors (Lipinski definition) is 1. The summed E-state index contributed by atoms with van der Waals surface area (Å²) in [7, 11) is -3.30. The van der Waals surface area contributed by atoms with Crippen LogP contribution in [0.25, 0.3) is 0 Å². The summed E-state index contributed by atoms with van der Waals surface area (Å²) in [5, 5.41) is 9.13. The van der Waals surface area contributed by atoms with Crippen molar-refractivity contribution in [1.82, 2.24) is 4.31 Å². The van der Waals surface area contributed by atoms with Crippen molar-refractivity contribution in [2.75, 3.05) is 38.3 Å². The minimum absolute atomic E-state index is 0.0359. The molecule has 2 heterocycles. The molecule has 1 atom stereocenters. The van der Waals surface area contributed by atoms with Gasteiger partial charge in [-0.05, 0) is 36.8 Å². The summed E-state index contributed by atoms with van der Waals surface area (Å²) in [6, 6.07) is 6.35. The summed E-state index contributed by atoms with van der Waals surface area (Å²) >= 11 is 1.01. The molecular weight excluding hydrogens is 626 g/mol. The molecule has 0 amide bonds. The van der Waals surface area contributed by atoms with E-state index in [-0.39, 0.29) is 41.0 Å². The Morgan fingerprint density at radius 3 is 2.35 bits per heavy atom. The van der Waals surface area contributed by atoms with E-state index in [0.717, 1.165) is 34.3 Å². The Bertz CT molecular complexity index is 1480. The standard InChI is InChI=1S/C27H28F6N2O6S2/c1-34-18(6-7-27(31,32)33)12-35(17-4-2-16(28)3-5-17)20-8-22(42-19-10-26(29,30)11-19)21(9-23(20)43(34,38)39)41-15-25(24(36)37)13-40-14-25/h2-5,8-9,18-19H,6-7,10-15H2,1H3,(H,36,37)/t18-/m1/s1. The molecule has 43 heavy (non-hydrogen) atoms. The van der Waals surface area contributed by atoms with Gasteiger partial charge in [0.05, 0.1) is 23.8 Å². The number of likely N-dealkylation sites (N-methyl/N-ethyl adjacent to an activating group) is 1. The normalized spacial score (nSPS) is 23.0. The summed E-state index contributed by atoms with van der Waals surface area (Å²) in [6.07, 6.45) is -7.25. The van der Waals surface area contributed by atoms with E-state index in [1.165, 1.54) is 30.1 Å². The fourth-order valence-electron chi connectivity index (χ4n) is 5.10. The van der Waals surface area contributed by atoms with E-state index in [0.29, 0.717) is 5.69 Å². The van der Waals surface area contributed by atoms with Gasteiger partial charge < -0.3 is 19.5 Å². The number of carboxylic acid groups (broad SMARTS) is 1. The van der Waals surface area contributed by atoms with Crippen LogP contribution in [0.3, 0.4) is 0 Å². The molecule has 0 spiro atoms. The number of hydrogen-bond acceptors (Lipinski definition) is 7. The van der Waals surface area contributed by atoms with E-state index in [1.54, 1.807) is 0 Å². The van der Waals surface area contributed by atoms with E-state index >= 15 is 0 Å². The number of carbonyl (C=O) groups is 1. The van der Waals surface area contributed by atoms with Crippen LogP contribution in [0.2, 0.25) is 0 Å². The molecule has 3 aliphatic rings. The fraction of sp³-hybridized carbons (Fsp3) is 0.519. The van der Waals surface area contributed by atoms with Crippen molar-refractivity contribution in [3.63, 3.8) is 0 Å². The lowest BCUT2D eigenvalue weighted by atomic mass is 9.87. The zero-order valence-corrected chi connectivity index (χ0v) is 24.4. The van der Waals surface area contributed by atoms with Crippen LogP contribution in [0.15, 0.2) is 46.2 Å². The van der Waals surface area contributed by atoms with Crippen LogP contribution in [0, 0.1) is 11.2 Å². The van der Waals surface area contributed by atoms with Gasteiger partial charge in [-0.2, -0.15) is 17.5 Å². The first-order valence-corrected chi connectivity index (χ1v) is 15.6. The molecule has 2 aromatic carbocycles. The van der Waals surface area contributed by atoms with Gasteiger partial charge >= 0.3 is 12.1 Å². The van der Waals surface area contributed by atoms with Gasteiger partial charge in [-0.25, -0.2) is 21.6 Å². The van der Waals surface area contributed by atoms with Gasteiger partial charge in [-0.1, -0.05) is 0 Å². The van der Waals surface area contributed by atoms with Crippen molar-refractivity contribution in [1.29, 1.82) is 0 Å². The van der Waals surface area contributed by atoms with Crippen molar-refractivity contribution in [2.24, 2.45) is 5.41 Å². The molecule has 1 saturated heterocycles. The smallest absolute Gasteiger partial charge is 0.389 e. The highest BCUT2D eigenvalue weighted by Gasteiger charge is 2.49. The molecule has 2 fully saturated rings. The van der Waals surface area contributed by atoms with Crippen LogP contribution < -0.4 is 9.64 Å². The van der Waals surface area contributed by atoms with E-state index < -0.39 is 82.9 Å². The first-order chi connectivity index (χ1) is 20.0. The maximum Gasteiger partial charge on any atom is 0.389 e. The molecule has 2 aromatic rings. The van der Waals surface area contributed by atoms with Gasteiger partial charge in [0.15, 0.2) is 0 Å². The summed E-state index contributed by atoms with van der Waals surface area (Å²) in [5.41, 5.74) is -1.06. The molecule has 0 radical (unpaired) electrons. The zero-order valence-electron chi connectivity index (χ0n) is 22.7. The number of aliphatic carboxylic acids is 1. The zero-order chi connectivity index (χ0) is 31.4. The van der Waals surface area contributed by atoms with E-state index in [9.17, 15) is 44.7 Å². The average Bonchev–Trinajstić information content (AvgIpc) is 2.94. The summed E-state index contributed by atoms with van der Waals surface area (Å²) in [5.74, 6) is -4.71. The van der Waals surface area contributed by atoms with Gasteiger partial charge in [0.2, 0.25) is 15.9 Å². The number of fused-ring (bicyclic) bond motifs is 1. The van der Waals surface area contributed by atoms with Crippen molar-refractivity contribution in [3.8, 4) is 5.75 Å². The molecule has 8 nitrogen and oxygen atoms in total. The Labute approximate surface area is 248 Å². The highest BCUT2D eigenvalue weighted by molar-refractivity contribution is 8.00. The maximum absolute atomic E-state index is 13.9. The Morgan fingerprint density at radius 1 is 1.16 bits per heavy atom. The average molecular weight is 655 g/mol. The second-order valence-corrected chi connectivity index (χ2v) is 14.4. The second kappa shape index (κ2) is 11.3. The summed E-state index contributed by atoms with van der Waals surface area (Å²) in [4.78, 5) is 13.2. The molecule has 0 aromatic heterocycles. The van der Waals surface area contributed by atoms with Crippen molar-refractivity contribution in [3.05, 3.63) is 42.2 Å². The molecule has 1 N–H and O–H groups in total. The number of ether oxygens (including phenoxy) is 2. The molecule has 0 bridgehead atoms. The molecule has 236 valence electrons. The number of alkyl halides is 5. The predicted octanol–water partition coefficient (Wildman–Crippen LogP) is 5.68. The first-order valence-electron chi connectivity index (χ1n) is 13.2. The molecule has 5 rings (SSSR count). The number of rotatable bonds is 9. The number of benzene rings is 2. The van der Waals surface area contributed by atoms with E-state index in [2.05, 4.69) is 0 Å². The highest BCUT2D eigenvalue weighted by Crippen LogP contribution is 2.51. The van der Waals surface area contributed by atoms with E-state index in [1.807, 2.05) is 0 Å². The minimum Gasteiger partial charge on any atom is -0.491 e. The number of carboxylic acids is 1. The Hall–Kier alpha value is -2.69. The number of sulfonamides is 1. The lowest BCUT2D eigenvalue weighted by molar-refractivity contribution is -0.185. The lowest BCUT2D eigenvalue weighted by Crippen LogP contribution is -2.53. The SMILES string of the molecule is CN1[C@H](CCC(F)(F)F)CN(c2ccc(F)cc2)c2cc(SC3CC(F)(F)C3)c(OCC3(C(=O)O)COC3)cc2S1(=O)=O. The topological polar surface area (TPSA) is 96.4 Å². The monoisotopic (exact) mass is 654 g/mol. The number of thioether (sulfide) groups is 1. The number of halogens is 6. The van der Waals surface area contributed by atoms with Crippen LogP contribution in [-0.4, -0.2) is 80.6 Å². The predicted molar refractivity (Wildman–Crippen MR) is 144 cm³/mol. The molecule has 0 unspecified atom stereocenters. The van der Waals surface area contributed by atoms with Gasteiger partial charge in [0.25, 0.3) is 0 Å². The third-order valence-electron chi connectivity index (χ3n) is 7.84. The Morgan fingerprint density at radius 2 is 1.81 bits per heavy atom.